The van der Waals surface area contributed by atoms with Crippen LogP contribution in [0.15, 0.2) is 53.0 Å². The SMILES string of the molecule is C[C@H]1[C@H]([Si](C)(C)F)[C@@H](CC(=O)N2CCC[C@H]2CO)O[C@]12C(=O)N(Cc1ccccc1)c1ccc(Br)cc12. The highest BCUT2D eigenvalue weighted by atomic mass is 79.9. The van der Waals surface area contributed by atoms with E-state index in [4.69, 9.17) is 4.74 Å². The van der Waals surface area contributed by atoms with Crippen LogP contribution in [0.4, 0.5) is 9.80 Å². The van der Waals surface area contributed by atoms with Gasteiger partial charge in [0.2, 0.25) is 14.3 Å². The highest BCUT2D eigenvalue weighted by Gasteiger charge is 2.67. The minimum atomic E-state index is -3.36. The molecule has 2 fully saturated rings. The molecule has 37 heavy (non-hydrogen) atoms. The third-order valence-corrected chi connectivity index (χ3v) is 11.3. The van der Waals surface area contributed by atoms with Gasteiger partial charge in [-0.3, -0.25) is 9.59 Å². The van der Waals surface area contributed by atoms with Crippen LogP contribution in [0.2, 0.25) is 18.6 Å². The second-order valence-electron chi connectivity index (χ2n) is 11.1. The smallest absolute Gasteiger partial charge is 0.264 e. The van der Waals surface area contributed by atoms with Gasteiger partial charge in [-0.1, -0.05) is 53.2 Å². The summed E-state index contributed by atoms with van der Waals surface area (Å²) in [5.41, 5.74) is 0.566. The van der Waals surface area contributed by atoms with Gasteiger partial charge in [-0.2, -0.15) is 0 Å². The van der Waals surface area contributed by atoms with Gasteiger partial charge in [0, 0.05) is 28.0 Å². The van der Waals surface area contributed by atoms with E-state index < -0.39 is 31.6 Å². The van der Waals surface area contributed by atoms with Gasteiger partial charge in [-0.05, 0) is 49.7 Å². The molecule has 0 saturated carbocycles. The topological polar surface area (TPSA) is 70.1 Å². The van der Waals surface area contributed by atoms with Gasteiger partial charge in [-0.25, -0.2) is 0 Å². The maximum atomic E-state index is 16.0. The number of carbonyl (C=O) groups excluding carboxylic acids is 2. The zero-order valence-electron chi connectivity index (χ0n) is 21.5. The predicted molar refractivity (Wildman–Crippen MR) is 146 cm³/mol. The number of rotatable bonds is 6. The van der Waals surface area contributed by atoms with Crippen molar-refractivity contribution in [3.63, 3.8) is 0 Å². The van der Waals surface area contributed by atoms with E-state index in [2.05, 4.69) is 15.9 Å². The Morgan fingerprint density at radius 1 is 1.24 bits per heavy atom. The molecule has 3 aliphatic heterocycles. The van der Waals surface area contributed by atoms with Crippen molar-refractivity contribution in [3.05, 3.63) is 64.1 Å². The first-order chi connectivity index (χ1) is 17.6. The summed E-state index contributed by atoms with van der Waals surface area (Å²) in [6.07, 6.45) is 0.879. The van der Waals surface area contributed by atoms with Crippen LogP contribution in [0, 0.1) is 5.92 Å². The van der Waals surface area contributed by atoms with Crippen LogP contribution in [0.25, 0.3) is 0 Å². The monoisotopic (exact) mass is 588 g/mol. The van der Waals surface area contributed by atoms with Crippen molar-refractivity contribution < 1.29 is 23.5 Å². The third kappa shape index (κ3) is 4.47. The summed E-state index contributed by atoms with van der Waals surface area (Å²) in [6, 6.07) is 15.3. The van der Waals surface area contributed by atoms with E-state index in [1.165, 1.54) is 0 Å². The number of anilines is 1. The van der Waals surface area contributed by atoms with Gasteiger partial charge in [0.05, 0.1) is 37.4 Å². The zero-order chi connectivity index (χ0) is 26.5. The van der Waals surface area contributed by atoms with Crippen LogP contribution in [0.5, 0.6) is 0 Å². The minimum Gasteiger partial charge on any atom is -0.394 e. The second-order valence-corrected chi connectivity index (χ2v) is 15.8. The van der Waals surface area contributed by atoms with Crippen LogP contribution < -0.4 is 4.90 Å². The summed E-state index contributed by atoms with van der Waals surface area (Å²) < 4.78 is 23.5. The van der Waals surface area contributed by atoms with Crippen molar-refractivity contribution in [1.82, 2.24) is 4.90 Å². The van der Waals surface area contributed by atoms with E-state index in [-0.39, 0.29) is 30.9 Å². The number of aliphatic hydroxyl groups is 1. The Balaban J connectivity index is 1.54. The normalized spacial score (nSPS) is 29.4. The van der Waals surface area contributed by atoms with Crippen molar-refractivity contribution in [2.24, 2.45) is 5.92 Å². The van der Waals surface area contributed by atoms with Crippen LogP contribution >= 0.6 is 15.9 Å². The number of ether oxygens (including phenoxy) is 1. The molecule has 5 atom stereocenters. The molecule has 5 rings (SSSR count). The summed E-state index contributed by atoms with van der Waals surface area (Å²) in [7, 11) is -3.36. The van der Waals surface area contributed by atoms with E-state index >= 15 is 4.11 Å². The predicted octanol–water partition coefficient (Wildman–Crippen LogP) is 5.14. The lowest BCUT2D eigenvalue weighted by molar-refractivity contribution is -0.150. The summed E-state index contributed by atoms with van der Waals surface area (Å²) >= 11 is 3.56. The first-order valence-corrected chi connectivity index (χ1v) is 16.8. The quantitative estimate of drug-likeness (QED) is 0.374. The fraction of sp³-hybridized carbons (Fsp3) is 0.500. The first-order valence-electron chi connectivity index (χ1n) is 13.0. The molecule has 0 bridgehead atoms. The molecule has 1 spiro atoms. The molecule has 3 heterocycles. The summed E-state index contributed by atoms with van der Waals surface area (Å²) in [6.45, 7) is 6.07. The van der Waals surface area contributed by atoms with Gasteiger partial charge >= 0.3 is 0 Å². The summed E-state index contributed by atoms with van der Waals surface area (Å²) in [5, 5.41) is 9.72. The fourth-order valence-corrected chi connectivity index (χ4v) is 9.64. The molecule has 198 valence electrons. The number of likely N-dealkylation sites (tertiary alicyclic amines) is 1. The number of fused-ring (bicyclic) bond motifs is 2. The van der Waals surface area contributed by atoms with Crippen LogP contribution in [-0.4, -0.2) is 55.5 Å². The van der Waals surface area contributed by atoms with Crippen molar-refractivity contribution in [1.29, 1.82) is 0 Å². The second kappa shape index (κ2) is 9.91. The number of carbonyl (C=O) groups is 2. The molecule has 1 N–H and O–H groups in total. The average molecular weight is 590 g/mol. The lowest BCUT2D eigenvalue weighted by Gasteiger charge is -2.31. The molecule has 0 aromatic heterocycles. The Morgan fingerprint density at radius 2 is 1.97 bits per heavy atom. The third-order valence-electron chi connectivity index (χ3n) is 8.39. The lowest BCUT2D eigenvalue weighted by Crippen LogP contribution is -2.45. The summed E-state index contributed by atoms with van der Waals surface area (Å²) in [5.74, 6) is -0.801. The molecule has 2 aromatic carbocycles. The number of nitrogens with zero attached hydrogens (tertiary/aromatic N) is 2. The first kappa shape index (κ1) is 26.5. The van der Waals surface area contributed by atoms with Crippen molar-refractivity contribution in [2.75, 3.05) is 18.1 Å². The molecule has 2 amide bonds. The maximum absolute atomic E-state index is 16.0. The van der Waals surface area contributed by atoms with E-state index in [0.29, 0.717) is 13.1 Å². The van der Waals surface area contributed by atoms with E-state index in [9.17, 15) is 14.7 Å². The molecule has 6 nitrogen and oxygen atoms in total. The highest BCUT2D eigenvalue weighted by Crippen LogP contribution is 2.60. The van der Waals surface area contributed by atoms with E-state index in [1.807, 2.05) is 55.5 Å². The van der Waals surface area contributed by atoms with Gasteiger partial charge < -0.3 is 23.8 Å². The Hall–Kier alpha value is -2.07. The number of hydrogen-bond acceptors (Lipinski definition) is 4. The average Bonchev–Trinajstić information content (AvgIpc) is 3.50. The molecular weight excluding hydrogens is 555 g/mol. The van der Waals surface area contributed by atoms with Crippen molar-refractivity contribution in [2.45, 2.75) is 69.1 Å². The van der Waals surface area contributed by atoms with Gasteiger partial charge in [-0.15, -0.1) is 0 Å². The Bertz CT molecular complexity index is 1190. The molecule has 2 saturated heterocycles. The Kier molecular flexibility index (Phi) is 7.11. The summed E-state index contributed by atoms with van der Waals surface area (Å²) in [4.78, 5) is 31.1. The standard InChI is InChI=1S/C28H34BrFN2O4Si/c1-18-26(37(2,3)30)24(15-25(34)31-13-7-10-21(31)17-33)36-28(18)22-14-20(29)11-12-23(22)32(27(28)35)16-19-8-5-4-6-9-19/h4-6,8-9,11-12,14,18,21,24,26,33H,7,10,13,15-17H2,1-3H3/t18-,21-,24+,26-,28+/m0/s1. The largest absolute Gasteiger partial charge is 0.394 e. The van der Waals surface area contributed by atoms with Gasteiger partial charge in [0.15, 0.2) is 5.60 Å². The molecule has 0 radical (unpaired) electrons. The van der Waals surface area contributed by atoms with Gasteiger partial charge in [0.25, 0.3) is 5.91 Å². The number of aliphatic hydroxyl groups excluding tert-OH is 1. The molecule has 2 aromatic rings. The number of benzene rings is 2. The van der Waals surface area contributed by atoms with Crippen LogP contribution in [0.1, 0.15) is 37.3 Å². The number of amides is 2. The zero-order valence-corrected chi connectivity index (χ0v) is 24.1. The highest BCUT2D eigenvalue weighted by molar-refractivity contribution is 9.10. The number of hydrogen-bond donors (Lipinski definition) is 1. The molecule has 3 aliphatic rings. The van der Waals surface area contributed by atoms with Crippen LogP contribution in [-0.2, 0) is 26.5 Å². The van der Waals surface area contributed by atoms with Gasteiger partial charge in [0.1, 0.15) is 0 Å². The van der Waals surface area contributed by atoms with Crippen molar-refractivity contribution >= 4 is 41.8 Å². The van der Waals surface area contributed by atoms with E-state index in [1.54, 1.807) is 22.9 Å². The molecule has 9 heteroatoms. The van der Waals surface area contributed by atoms with Crippen molar-refractivity contribution in [3.8, 4) is 0 Å². The van der Waals surface area contributed by atoms with E-state index in [0.717, 1.165) is 34.1 Å². The maximum Gasteiger partial charge on any atom is 0.264 e. The molecule has 0 aliphatic carbocycles. The number of halogens is 2. The fourth-order valence-electron chi connectivity index (χ4n) is 6.79. The minimum absolute atomic E-state index is 0.00289. The molecule has 0 unspecified atom stereocenters. The lowest BCUT2D eigenvalue weighted by atomic mass is 9.82. The Morgan fingerprint density at radius 3 is 2.65 bits per heavy atom. The Labute approximate surface area is 227 Å². The molecular formula is C28H34BrFN2O4Si. The van der Waals surface area contributed by atoms with Crippen LogP contribution in [0.3, 0.4) is 0 Å².